The van der Waals surface area contributed by atoms with Gasteiger partial charge in [0.1, 0.15) is 17.1 Å². The topological polar surface area (TPSA) is 73.1 Å². The number of hydrogen-bond acceptors (Lipinski definition) is 5. The van der Waals surface area contributed by atoms with Crippen molar-refractivity contribution >= 4 is 0 Å². The van der Waals surface area contributed by atoms with E-state index in [1.165, 1.54) is 0 Å². The maximum Gasteiger partial charge on any atom is 0.119 e. The van der Waals surface area contributed by atoms with Crippen LogP contribution in [0.15, 0.2) is 48.8 Å². The number of aliphatic hydroxyl groups is 1. The third-order valence-electron chi connectivity index (χ3n) is 3.24. The van der Waals surface area contributed by atoms with Crippen molar-refractivity contribution in [3.8, 4) is 22.7 Å². The van der Waals surface area contributed by atoms with Gasteiger partial charge >= 0.3 is 0 Å². The number of benzene rings is 1. The van der Waals surface area contributed by atoms with E-state index in [0.29, 0.717) is 12.3 Å². The lowest BCUT2D eigenvalue weighted by Gasteiger charge is -2.09. The molecule has 0 amide bonds. The summed E-state index contributed by atoms with van der Waals surface area (Å²) in [5, 5.41) is 17.7. The van der Waals surface area contributed by atoms with Crippen LogP contribution in [0.3, 0.4) is 0 Å². The van der Waals surface area contributed by atoms with Gasteiger partial charge in [-0.05, 0) is 43.3 Å². The normalized spacial score (nSPS) is 10.6. The van der Waals surface area contributed by atoms with Gasteiger partial charge in [-0.2, -0.15) is 0 Å². The van der Waals surface area contributed by atoms with Crippen molar-refractivity contribution in [2.24, 2.45) is 0 Å². The summed E-state index contributed by atoms with van der Waals surface area (Å²) in [5.41, 5.74) is 3.04. The summed E-state index contributed by atoms with van der Waals surface area (Å²) in [5.74, 6) is 0.805. The Balaban J connectivity index is 2.06. The molecular weight excluding hydrogens is 280 g/mol. The van der Waals surface area contributed by atoms with E-state index in [1.54, 1.807) is 17.1 Å². The van der Waals surface area contributed by atoms with Crippen LogP contribution in [0.25, 0.3) is 16.9 Å². The van der Waals surface area contributed by atoms with E-state index in [9.17, 15) is 5.11 Å². The van der Waals surface area contributed by atoms with Crippen LogP contribution in [0.1, 0.15) is 12.6 Å². The van der Waals surface area contributed by atoms with E-state index in [4.69, 9.17) is 4.74 Å². The van der Waals surface area contributed by atoms with Crippen LogP contribution in [-0.4, -0.2) is 31.7 Å². The zero-order valence-corrected chi connectivity index (χ0v) is 12.2. The summed E-state index contributed by atoms with van der Waals surface area (Å²) < 4.78 is 7.15. The smallest absolute Gasteiger partial charge is 0.119 e. The molecule has 1 aromatic carbocycles. The van der Waals surface area contributed by atoms with Gasteiger partial charge in [-0.3, -0.25) is 4.98 Å². The first-order chi connectivity index (χ1) is 10.8. The molecule has 3 aromatic rings. The molecule has 0 fully saturated rings. The molecule has 0 aliphatic rings. The first kappa shape index (κ1) is 14.2. The van der Waals surface area contributed by atoms with Gasteiger partial charge in [0.25, 0.3) is 0 Å². The lowest BCUT2D eigenvalue weighted by atomic mass is 10.1. The number of nitrogens with zero attached hydrogens (tertiary/aromatic N) is 4. The molecular formula is C16H16N4O2. The van der Waals surface area contributed by atoms with Crippen molar-refractivity contribution in [3.63, 3.8) is 0 Å². The minimum absolute atomic E-state index is 0.172. The van der Waals surface area contributed by atoms with Crippen LogP contribution in [0, 0.1) is 0 Å². The van der Waals surface area contributed by atoms with Crippen LogP contribution in [-0.2, 0) is 6.61 Å². The molecule has 1 N–H and O–H groups in total. The predicted octanol–water partition coefficient (Wildman–Crippen LogP) is 2.22. The predicted molar refractivity (Wildman–Crippen MR) is 81.7 cm³/mol. The highest BCUT2D eigenvalue weighted by Gasteiger charge is 2.15. The van der Waals surface area contributed by atoms with Gasteiger partial charge in [0.15, 0.2) is 0 Å². The number of aromatic nitrogens is 4. The SMILES string of the molecule is CCOc1ccc(-n2nnc(CO)c2-c2ccncc2)cc1. The highest BCUT2D eigenvalue weighted by atomic mass is 16.5. The van der Waals surface area contributed by atoms with Gasteiger partial charge in [-0.25, -0.2) is 4.68 Å². The Bertz CT molecular complexity index is 739. The quantitative estimate of drug-likeness (QED) is 0.781. The molecule has 0 atom stereocenters. The molecule has 22 heavy (non-hydrogen) atoms. The second kappa shape index (κ2) is 6.36. The lowest BCUT2D eigenvalue weighted by molar-refractivity contribution is 0.277. The summed E-state index contributed by atoms with van der Waals surface area (Å²) in [7, 11) is 0. The van der Waals surface area contributed by atoms with Crippen LogP contribution in [0.4, 0.5) is 0 Å². The van der Waals surface area contributed by atoms with Crippen LogP contribution in [0.2, 0.25) is 0 Å². The Hall–Kier alpha value is -2.73. The molecule has 0 saturated carbocycles. The highest BCUT2D eigenvalue weighted by Crippen LogP contribution is 2.25. The maximum atomic E-state index is 9.50. The van der Waals surface area contributed by atoms with Crippen molar-refractivity contribution < 1.29 is 9.84 Å². The second-order valence-corrected chi connectivity index (χ2v) is 4.62. The molecule has 0 saturated heterocycles. The van der Waals surface area contributed by atoms with E-state index in [2.05, 4.69) is 15.3 Å². The van der Waals surface area contributed by atoms with E-state index in [1.807, 2.05) is 43.3 Å². The molecule has 6 nitrogen and oxygen atoms in total. The van der Waals surface area contributed by atoms with Crippen molar-refractivity contribution in [3.05, 3.63) is 54.5 Å². The summed E-state index contributed by atoms with van der Waals surface area (Å²) >= 11 is 0. The zero-order chi connectivity index (χ0) is 15.4. The van der Waals surface area contributed by atoms with Gasteiger partial charge in [0, 0.05) is 18.0 Å². The van der Waals surface area contributed by atoms with Crippen molar-refractivity contribution in [2.75, 3.05) is 6.61 Å². The fourth-order valence-corrected chi connectivity index (χ4v) is 2.25. The van der Waals surface area contributed by atoms with E-state index < -0.39 is 0 Å². The minimum Gasteiger partial charge on any atom is -0.494 e. The van der Waals surface area contributed by atoms with Crippen molar-refractivity contribution in [1.29, 1.82) is 0 Å². The third-order valence-corrected chi connectivity index (χ3v) is 3.24. The number of hydrogen-bond donors (Lipinski definition) is 1. The molecule has 3 rings (SSSR count). The molecule has 0 spiro atoms. The first-order valence-corrected chi connectivity index (χ1v) is 7.02. The fourth-order valence-electron chi connectivity index (χ4n) is 2.25. The van der Waals surface area contributed by atoms with Crippen LogP contribution < -0.4 is 4.74 Å². The molecule has 112 valence electrons. The largest absolute Gasteiger partial charge is 0.494 e. The minimum atomic E-state index is -0.172. The van der Waals surface area contributed by atoms with Gasteiger partial charge in [-0.1, -0.05) is 5.21 Å². The summed E-state index contributed by atoms with van der Waals surface area (Å²) in [6.07, 6.45) is 3.40. The summed E-state index contributed by atoms with van der Waals surface area (Å²) in [6, 6.07) is 11.3. The molecule has 0 aliphatic heterocycles. The standard InChI is InChI=1S/C16H16N4O2/c1-2-22-14-5-3-13(4-6-14)20-16(15(11-21)18-19-20)12-7-9-17-10-8-12/h3-10,21H,2,11H2,1H3. The second-order valence-electron chi connectivity index (χ2n) is 4.62. The molecule has 2 aromatic heterocycles. The van der Waals surface area contributed by atoms with Gasteiger partial charge in [-0.15, -0.1) is 5.10 Å². The van der Waals surface area contributed by atoms with Crippen LogP contribution in [0.5, 0.6) is 5.75 Å². The summed E-state index contributed by atoms with van der Waals surface area (Å²) in [6.45, 7) is 2.40. The molecule has 0 radical (unpaired) electrons. The van der Waals surface area contributed by atoms with E-state index in [0.717, 1.165) is 22.7 Å². The first-order valence-electron chi connectivity index (χ1n) is 7.02. The van der Waals surface area contributed by atoms with Gasteiger partial charge in [0.2, 0.25) is 0 Å². The maximum absolute atomic E-state index is 9.50. The number of ether oxygens (including phenoxy) is 1. The Kier molecular flexibility index (Phi) is 4.11. The monoisotopic (exact) mass is 296 g/mol. The molecule has 0 aliphatic carbocycles. The van der Waals surface area contributed by atoms with Crippen LogP contribution >= 0.6 is 0 Å². The lowest BCUT2D eigenvalue weighted by Crippen LogP contribution is -2.01. The Morgan fingerprint density at radius 2 is 1.82 bits per heavy atom. The van der Waals surface area contributed by atoms with E-state index >= 15 is 0 Å². The fraction of sp³-hybridized carbons (Fsp3) is 0.188. The number of aliphatic hydroxyl groups excluding tert-OH is 1. The van der Waals surface area contributed by atoms with Crippen molar-refractivity contribution in [1.82, 2.24) is 20.0 Å². The third kappa shape index (κ3) is 2.68. The average Bonchev–Trinajstić information content (AvgIpc) is 3.00. The number of pyridine rings is 1. The Morgan fingerprint density at radius 3 is 2.45 bits per heavy atom. The zero-order valence-electron chi connectivity index (χ0n) is 12.2. The molecule has 2 heterocycles. The van der Waals surface area contributed by atoms with Crippen molar-refractivity contribution in [2.45, 2.75) is 13.5 Å². The number of rotatable bonds is 5. The Morgan fingerprint density at radius 1 is 1.09 bits per heavy atom. The Labute approximate surface area is 128 Å². The molecule has 0 bridgehead atoms. The average molecular weight is 296 g/mol. The van der Waals surface area contributed by atoms with Gasteiger partial charge < -0.3 is 9.84 Å². The molecule has 0 unspecified atom stereocenters. The van der Waals surface area contributed by atoms with Gasteiger partial charge in [0.05, 0.1) is 18.9 Å². The summed E-state index contributed by atoms with van der Waals surface area (Å²) in [4.78, 5) is 4.02. The highest BCUT2D eigenvalue weighted by molar-refractivity contribution is 5.63. The molecule has 6 heteroatoms. The van der Waals surface area contributed by atoms with E-state index in [-0.39, 0.29) is 6.61 Å².